The molecule has 0 amide bonds. The van der Waals surface area contributed by atoms with Crippen molar-refractivity contribution in [3.63, 3.8) is 0 Å². The van der Waals surface area contributed by atoms with Crippen LogP contribution in [-0.4, -0.2) is 11.2 Å². The third kappa shape index (κ3) is 29.8. The minimum absolute atomic E-state index is 0. The molecule has 5 heavy (non-hydrogen) atoms. The summed E-state index contributed by atoms with van der Waals surface area (Å²) in [5.41, 5.74) is 0. The molecule has 0 aromatic rings. The molecule has 0 fully saturated rings. The Labute approximate surface area is 61.6 Å². The topological polar surface area (TPSA) is 20.2 Å². The second kappa shape index (κ2) is 17.8. The summed E-state index contributed by atoms with van der Waals surface area (Å²) in [5, 5.41) is 0. The van der Waals surface area contributed by atoms with Crippen molar-refractivity contribution in [2.45, 2.75) is 0 Å². The summed E-state index contributed by atoms with van der Waals surface area (Å²) in [6.07, 6.45) is 3.01. The van der Waals surface area contributed by atoms with Gasteiger partial charge < -0.3 is 4.89 Å². The molecule has 0 spiro atoms. The van der Waals surface area contributed by atoms with Crippen LogP contribution in [0.5, 0.6) is 0 Å². The molecule has 1 N–H and O–H groups in total. The van der Waals surface area contributed by atoms with E-state index in [4.69, 9.17) is 4.89 Å². The van der Waals surface area contributed by atoms with Gasteiger partial charge >= 0.3 is 0 Å². The molecule has 1 nitrogen and oxygen atoms in total. The molecule has 0 aromatic carbocycles. The minimum atomic E-state index is 0. The van der Waals surface area contributed by atoms with Gasteiger partial charge in [0, 0.05) is 50.6 Å². The third-order valence-electron chi connectivity index (χ3n) is 0. The maximum Gasteiger partial charge on any atom is 0.0439 e. The predicted octanol–water partition coefficient (Wildman–Crippen LogP) is 0.267. The Hall–Kier alpha value is 1.51. The van der Waals surface area contributed by atoms with E-state index in [0.717, 1.165) is 0 Å². The maximum absolute atomic E-state index is 7.43. The van der Waals surface area contributed by atoms with Gasteiger partial charge in [-0.2, -0.15) is 0 Å². The Morgan fingerprint density at radius 3 is 1.40 bits per heavy atom. The molecule has 0 radical (unpaired) electrons. The molecular weight excluding hydrogens is 427 g/mol. The second-order valence-electron chi connectivity index (χ2n) is 0.141. The predicted molar refractivity (Wildman–Crippen MR) is 16.3 cm³/mol. The van der Waals surface area contributed by atoms with Crippen molar-refractivity contribution in [1.29, 1.82) is 0 Å². The van der Waals surface area contributed by atoms with Crippen LogP contribution in [0.3, 0.4) is 0 Å². The van der Waals surface area contributed by atoms with Gasteiger partial charge in [-0.3, -0.25) is 0 Å². The van der Waals surface area contributed by atoms with Crippen molar-refractivity contribution in [1.82, 2.24) is 0 Å². The van der Waals surface area contributed by atoms with Crippen molar-refractivity contribution in [2.75, 3.05) is 0 Å². The standard InChI is InChI=1S/CH3OP.2W/c1-3-2;;/h2H,1H2;;. The van der Waals surface area contributed by atoms with Gasteiger partial charge in [0.15, 0.2) is 0 Å². The van der Waals surface area contributed by atoms with Crippen molar-refractivity contribution in [3.8, 4) is 0 Å². The van der Waals surface area contributed by atoms with E-state index in [0.29, 0.717) is 0 Å². The molecule has 0 aliphatic heterocycles. The molecule has 0 heterocycles. The first-order valence-corrected chi connectivity index (χ1v) is 1.55. The summed E-state index contributed by atoms with van der Waals surface area (Å²) in [5.74, 6) is 0. The van der Waals surface area contributed by atoms with Crippen LogP contribution in [0, 0.1) is 0 Å². The van der Waals surface area contributed by atoms with Gasteiger partial charge in [-0.05, 0) is 6.30 Å². The normalized spacial score (nSPS) is 4.20. The van der Waals surface area contributed by atoms with E-state index in [1.54, 1.807) is 0 Å². The molecule has 0 saturated carbocycles. The summed E-state index contributed by atoms with van der Waals surface area (Å²) in [6, 6.07) is 0. The van der Waals surface area contributed by atoms with Crippen LogP contribution in [-0.2, 0) is 42.1 Å². The molecule has 0 bridgehead atoms. The smallest absolute Gasteiger partial charge is 0.0439 e. The molecule has 0 unspecified atom stereocenters. The Kier molecular flexibility index (Phi) is 57.1. The van der Waals surface area contributed by atoms with E-state index in [2.05, 4.69) is 6.30 Å². The number of rotatable bonds is 0. The van der Waals surface area contributed by atoms with Crippen LogP contribution in [0.4, 0.5) is 0 Å². The van der Waals surface area contributed by atoms with Gasteiger partial charge in [0.1, 0.15) is 0 Å². The zero-order valence-corrected chi connectivity index (χ0v) is 9.18. The fourth-order valence-corrected chi connectivity index (χ4v) is 0. The van der Waals surface area contributed by atoms with E-state index < -0.39 is 0 Å². The average Bonchev–Trinajstić information content (AvgIpc) is 0.918. The molecule has 0 atom stereocenters. The summed E-state index contributed by atoms with van der Waals surface area (Å²) < 4.78 is 0. The van der Waals surface area contributed by atoms with Gasteiger partial charge in [-0.1, -0.05) is 0 Å². The molecule has 0 aliphatic rings. The minimum Gasteiger partial charge on any atom is -0.342 e. The first-order valence-electron chi connectivity index (χ1n) is 0.516. The van der Waals surface area contributed by atoms with E-state index in [1.807, 2.05) is 0 Å². The fraction of sp³-hybridized carbons (Fsp3) is 0. The van der Waals surface area contributed by atoms with E-state index in [-0.39, 0.29) is 50.6 Å². The van der Waals surface area contributed by atoms with E-state index in [9.17, 15) is 0 Å². The molecule has 0 rings (SSSR count). The quantitative estimate of drug-likeness (QED) is 0.548. The Balaban J connectivity index is -0.0000000200. The third-order valence-corrected chi connectivity index (χ3v) is 0. The van der Waals surface area contributed by atoms with Crippen LogP contribution < -0.4 is 0 Å². The van der Waals surface area contributed by atoms with Gasteiger partial charge in [0.25, 0.3) is 0 Å². The average molecular weight is 430 g/mol. The molecule has 4 heteroatoms. The summed E-state index contributed by atoms with van der Waals surface area (Å²) in [4.78, 5) is 7.43. The number of hydrogen-bond acceptors (Lipinski definition) is 1. The largest absolute Gasteiger partial charge is 0.342 e. The van der Waals surface area contributed by atoms with E-state index in [1.165, 1.54) is 0 Å². The maximum atomic E-state index is 7.43. The fourth-order valence-electron chi connectivity index (χ4n) is 0. The Morgan fingerprint density at radius 1 is 1.40 bits per heavy atom. The van der Waals surface area contributed by atoms with Crippen LogP contribution in [0.25, 0.3) is 0 Å². The van der Waals surface area contributed by atoms with Crippen LogP contribution in [0.2, 0.25) is 0 Å². The summed E-state index contributed by atoms with van der Waals surface area (Å²) in [6.45, 7) is 0. The SMILES string of the molecule is C=PO.[W].[W]. The van der Waals surface area contributed by atoms with Crippen molar-refractivity contribution >= 4 is 14.7 Å². The van der Waals surface area contributed by atoms with Crippen LogP contribution >= 0.6 is 8.43 Å². The van der Waals surface area contributed by atoms with Crippen molar-refractivity contribution in [3.05, 3.63) is 0 Å². The monoisotopic (exact) mass is 430 g/mol. The molecular formula is CH3OPW2. The second-order valence-corrected chi connectivity index (χ2v) is 0.424. The Morgan fingerprint density at radius 2 is 1.40 bits per heavy atom. The van der Waals surface area contributed by atoms with Crippen molar-refractivity contribution in [2.24, 2.45) is 0 Å². The molecule has 30 valence electrons. The van der Waals surface area contributed by atoms with E-state index >= 15 is 0 Å². The van der Waals surface area contributed by atoms with Crippen molar-refractivity contribution < 1.29 is 47.0 Å². The van der Waals surface area contributed by atoms with Gasteiger partial charge in [-0.15, -0.1) is 0 Å². The summed E-state index contributed by atoms with van der Waals surface area (Å²) in [7, 11) is 0.167. The van der Waals surface area contributed by atoms with Crippen LogP contribution in [0.15, 0.2) is 0 Å². The first kappa shape index (κ1) is 16.0. The Bertz CT molecular complexity index is 17.1. The van der Waals surface area contributed by atoms with Gasteiger partial charge in [0.05, 0.1) is 0 Å². The number of hydrogen-bond donors (Lipinski definition) is 1. The zero-order chi connectivity index (χ0) is 2.71. The zero-order valence-electron chi connectivity index (χ0n) is 2.42. The van der Waals surface area contributed by atoms with Gasteiger partial charge in [0.2, 0.25) is 0 Å². The van der Waals surface area contributed by atoms with Crippen LogP contribution in [0.1, 0.15) is 0 Å². The molecule has 0 aliphatic carbocycles. The molecule has 0 aromatic heterocycles. The first-order chi connectivity index (χ1) is 1.41. The van der Waals surface area contributed by atoms with Gasteiger partial charge in [-0.25, -0.2) is 0 Å². The molecule has 0 saturated heterocycles. The summed E-state index contributed by atoms with van der Waals surface area (Å²) >= 11 is 0.